The van der Waals surface area contributed by atoms with Crippen molar-refractivity contribution in [2.75, 3.05) is 0 Å². The van der Waals surface area contributed by atoms with Crippen LogP contribution in [0.2, 0.25) is 0 Å². The van der Waals surface area contributed by atoms with E-state index in [1.54, 1.807) is 30.5 Å². The van der Waals surface area contributed by atoms with Crippen LogP contribution in [0.25, 0.3) is 11.6 Å². The van der Waals surface area contributed by atoms with Crippen LogP contribution in [0, 0.1) is 6.92 Å². The SMILES string of the molecule is Cc1ccc(Cn2c(O)c(C=C3C=Nc4cc(O)ccc43)sc2=O)cc1. The first-order chi connectivity index (χ1) is 12.5. The third-order valence-electron chi connectivity index (χ3n) is 4.28. The summed E-state index contributed by atoms with van der Waals surface area (Å²) in [5.41, 5.74) is 4.41. The van der Waals surface area contributed by atoms with Gasteiger partial charge in [-0.1, -0.05) is 41.2 Å². The second-order valence-corrected chi connectivity index (χ2v) is 7.18. The predicted molar refractivity (Wildman–Crippen MR) is 105 cm³/mol. The molecule has 2 heterocycles. The fraction of sp³-hybridized carbons (Fsp3) is 0.100. The topological polar surface area (TPSA) is 74.8 Å². The zero-order chi connectivity index (χ0) is 18.3. The molecule has 1 aromatic heterocycles. The maximum Gasteiger partial charge on any atom is 0.310 e. The number of hydrogen-bond acceptors (Lipinski definition) is 5. The molecule has 0 saturated heterocycles. The minimum absolute atomic E-state index is 0.0475. The summed E-state index contributed by atoms with van der Waals surface area (Å²) in [7, 11) is 0. The molecule has 0 fully saturated rings. The van der Waals surface area contributed by atoms with Gasteiger partial charge in [-0.2, -0.15) is 0 Å². The maximum absolute atomic E-state index is 12.3. The highest BCUT2D eigenvalue weighted by atomic mass is 32.1. The number of aromatic nitrogens is 1. The fourth-order valence-corrected chi connectivity index (χ4v) is 3.70. The van der Waals surface area contributed by atoms with Crippen molar-refractivity contribution in [3.63, 3.8) is 0 Å². The molecule has 0 aliphatic carbocycles. The smallest absolute Gasteiger partial charge is 0.310 e. The summed E-state index contributed by atoms with van der Waals surface area (Å²) in [6.45, 7) is 2.33. The van der Waals surface area contributed by atoms with Crippen molar-refractivity contribution in [2.24, 2.45) is 4.99 Å². The summed E-state index contributed by atoms with van der Waals surface area (Å²) in [6, 6.07) is 12.8. The lowest BCUT2D eigenvalue weighted by atomic mass is 10.1. The van der Waals surface area contributed by atoms with Gasteiger partial charge in [-0.15, -0.1) is 0 Å². The minimum atomic E-state index is -0.212. The molecule has 0 saturated carbocycles. The number of aryl methyl sites for hydroxylation is 1. The summed E-state index contributed by atoms with van der Waals surface area (Å²) in [4.78, 5) is 16.9. The largest absolute Gasteiger partial charge is 0.508 e. The van der Waals surface area contributed by atoms with Crippen LogP contribution in [0.4, 0.5) is 5.69 Å². The van der Waals surface area contributed by atoms with E-state index in [0.29, 0.717) is 17.1 Å². The highest BCUT2D eigenvalue weighted by Crippen LogP contribution is 2.36. The molecular weight excluding hydrogens is 348 g/mol. The number of phenols is 1. The van der Waals surface area contributed by atoms with E-state index in [1.807, 2.05) is 31.2 Å². The number of aliphatic imine (C=N–C) groups is 1. The molecule has 2 aromatic carbocycles. The van der Waals surface area contributed by atoms with E-state index in [0.717, 1.165) is 33.6 Å². The third kappa shape index (κ3) is 2.95. The molecule has 2 N–H and O–H groups in total. The first kappa shape index (κ1) is 16.4. The molecule has 1 aliphatic rings. The van der Waals surface area contributed by atoms with E-state index in [4.69, 9.17) is 0 Å². The number of fused-ring (bicyclic) bond motifs is 1. The number of nitrogens with zero attached hydrogens (tertiary/aromatic N) is 2. The molecule has 0 radical (unpaired) electrons. The Morgan fingerprint density at radius 3 is 2.69 bits per heavy atom. The van der Waals surface area contributed by atoms with Crippen molar-refractivity contribution in [1.29, 1.82) is 0 Å². The van der Waals surface area contributed by atoms with Gasteiger partial charge in [-0.05, 0) is 30.7 Å². The van der Waals surface area contributed by atoms with E-state index >= 15 is 0 Å². The van der Waals surface area contributed by atoms with Gasteiger partial charge in [0, 0.05) is 23.4 Å². The lowest BCUT2D eigenvalue weighted by molar-refractivity contribution is 0.420. The average Bonchev–Trinajstić information content (AvgIpc) is 3.12. The number of phenolic OH excluding ortho intramolecular Hbond substituents is 1. The highest BCUT2D eigenvalue weighted by Gasteiger charge is 2.17. The lowest BCUT2D eigenvalue weighted by Crippen LogP contribution is -2.13. The fourth-order valence-electron chi connectivity index (χ4n) is 2.86. The van der Waals surface area contributed by atoms with Crippen LogP contribution < -0.4 is 4.87 Å². The van der Waals surface area contributed by atoms with E-state index < -0.39 is 0 Å². The number of aromatic hydroxyl groups is 2. The monoisotopic (exact) mass is 364 g/mol. The van der Waals surface area contributed by atoms with Crippen LogP contribution in [0.1, 0.15) is 21.6 Å². The molecule has 0 atom stereocenters. The van der Waals surface area contributed by atoms with Gasteiger partial charge in [0.2, 0.25) is 5.88 Å². The second kappa shape index (κ2) is 6.31. The Balaban J connectivity index is 1.69. The lowest BCUT2D eigenvalue weighted by Gasteiger charge is -2.05. The van der Waals surface area contributed by atoms with Crippen molar-refractivity contribution >= 4 is 34.9 Å². The van der Waals surface area contributed by atoms with E-state index in [2.05, 4.69) is 4.99 Å². The van der Waals surface area contributed by atoms with Gasteiger partial charge < -0.3 is 10.2 Å². The molecule has 4 rings (SSSR count). The molecule has 1 aliphatic heterocycles. The second-order valence-electron chi connectivity index (χ2n) is 6.19. The molecule has 0 amide bonds. The Labute approximate surface area is 153 Å². The Morgan fingerprint density at radius 2 is 1.92 bits per heavy atom. The Kier molecular flexibility index (Phi) is 3.97. The zero-order valence-corrected chi connectivity index (χ0v) is 14.8. The van der Waals surface area contributed by atoms with Crippen LogP contribution in [0.3, 0.4) is 0 Å². The average molecular weight is 364 g/mol. The summed E-state index contributed by atoms with van der Waals surface area (Å²) >= 11 is 0.998. The number of hydrogen-bond donors (Lipinski definition) is 2. The molecule has 130 valence electrons. The van der Waals surface area contributed by atoms with E-state index in [1.165, 1.54) is 4.57 Å². The zero-order valence-electron chi connectivity index (χ0n) is 14.0. The molecule has 0 spiro atoms. The third-order valence-corrected chi connectivity index (χ3v) is 5.19. The summed E-state index contributed by atoms with van der Waals surface area (Å²) in [5.74, 6) is 0.104. The summed E-state index contributed by atoms with van der Waals surface area (Å²) in [6.07, 6.45) is 3.41. The van der Waals surface area contributed by atoms with Crippen molar-refractivity contribution in [3.8, 4) is 11.6 Å². The Morgan fingerprint density at radius 1 is 1.15 bits per heavy atom. The van der Waals surface area contributed by atoms with Crippen LogP contribution in [0.5, 0.6) is 11.6 Å². The van der Waals surface area contributed by atoms with Gasteiger partial charge in [0.1, 0.15) is 5.75 Å². The minimum Gasteiger partial charge on any atom is -0.508 e. The van der Waals surface area contributed by atoms with Gasteiger partial charge in [-0.25, -0.2) is 0 Å². The standard InChI is InChI=1S/C20H16N2O3S/c1-12-2-4-13(5-3-12)11-22-19(24)18(26-20(22)25)8-14-10-21-17-9-15(23)6-7-16(14)17/h2-10,23-24H,11H2,1H3. The van der Waals surface area contributed by atoms with E-state index in [-0.39, 0.29) is 16.5 Å². The maximum atomic E-state index is 12.3. The number of thiazole rings is 1. The first-order valence-corrected chi connectivity index (χ1v) is 8.90. The van der Waals surface area contributed by atoms with Crippen LogP contribution in [-0.2, 0) is 6.54 Å². The molecule has 6 heteroatoms. The van der Waals surface area contributed by atoms with Crippen LogP contribution in [-0.4, -0.2) is 21.0 Å². The Bertz CT molecular complexity index is 1110. The van der Waals surface area contributed by atoms with Crippen molar-refractivity contribution in [2.45, 2.75) is 13.5 Å². The van der Waals surface area contributed by atoms with Crippen molar-refractivity contribution in [3.05, 3.63) is 73.7 Å². The van der Waals surface area contributed by atoms with Gasteiger partial charge >= 0.3 is 4.87 Å². The first-order valence-electron chi connectivity index (χ1n) is 8.08. The quantitative estimate of drug-likeness (QED) is 0.739. The molecule has 3 aromatic rings. The number of allylic oxidation sites excluding steroid dienone is 1. The molecule has 26 heavy (non-hydrogen) atoms. The van der Waals surface area contributed by atoms with E-state index in [9.17, 15) is 15.0 Å². The van der Waals surface area contributed by atoms with Crippen LogP contribution in [0.15, 0.2) is 52.3 Å². The predicted octanol–water partition coefficient (Wildman–Crippen LogP) is 3.93. The number of benzene rings is 2. The summed E-state index contributed by atoms with van der Waals surface area (Å²) in [5, 5.41) is 20.1. The summed E-state index contributed by atoms with van der Waals surface area (Å²) < 4.78 is 1.37. The molecular formula is C20H16N2O3S. The number of rotatable bonds is 3. The van der Waals surface area contributed by atoms with Gasteiger partial charge in [0.25, 0.3) is 0 Å². The molecule has 0 bridgehead atoms. The van der Waals surface area contributed by atoms with Crippen molar-refractivity contribution < 1.29 is 10.2 Å². The van der Waals surface area contributed by atoms with Gasteiger partial charge in [0.05, 0.1) is 17.1 Å². The normalized spacial score (nSPS) is 14.1. The van der Waals surface area contributed by atoms with Crippen molar-refractivity contribution in [1.82, 2.24) is 4.57 Å². The Hall–Kier alpha value is -3.12. The van der Waals surface area contributed by atoms with Gasteiger partial charge in [-0.3, -0.25) is 14.4 Å². The molecule has 0 unspecified atom stereocenters. The highest BCUT2D eigenvalue weighted by molar-refractivity contribution is 7.10. The van der Waals surface area contributed by atoms with Gasteiger partial charge in [0.15, 0.2) is 0 Å². The molecule has 5 nitrogen and oxygen atoms in total. The van der Waals surface area contributed by atoms with Crippen LogP contribution >= 0.6 is 11.3 Å².